The van der Waals surface area contributed by atoms with Crippen LogP contribution in [0.2, 0.25) is 5.02 Å². The van der Waals surface area contributed by atoms with E-state index in [9.17, 15) is 26.3 Å². The molecule has 1 aromatic carbocycles. The molecule has 0 bridgehead atoms. The van der Waals surface area contributed by atoms with Gasteiger partial charge in [0.25, 0.3) is 0 Å². The summed E-state index contributed by atoms with van der Waals surface area (Å²) in [6.07, 6.45) is -10.9. The van der Waals surface area contributed by atoms with Crippen LogP contribution >= 0.6 is 27.5 Å². The second kappa shape index (κ2) is 6.01. The summed E-state index contributed by atoms with van der Waals surface area (Å²) >= 11 is 8.16. The normalized spacial score (nSPS) is 14.5. The molecule has 1 atom stereocenters. The molecule has 0 aliphatic heterocycles. The Balaban J connectivity index is 3.23. The molecule has 0 heterocycles. The Hall–Kier alpha value is -0.630. The quantitative estimate of drug-likeness (QED) is 0.491. The lowest BCUT2D eigenvalue weighted by Gasteiger charge is -2.28. The van der Waals surface area contributed by atoms with Crippen molar-refractivity contribution in [3.8, 4) is 5.75 Å². The molecule has 0 N–H and O–H groups in total. The number of benzene rings is 1. The molecule has 1 rings (SSSR count). The Kier molecular flexibility index (Phi) is 5.23. The maximum absolute atomic E-state index is 12.6. The second-order valence-electron chi connectivity index (χ2n) is 3.85. The summed E-state index contributed by atoms with van der Waals surface area (Å²) in [6, 6.07) is 3.44. The summed E-state index contributed by atoms with van der Waals surface area (Å²) in [6.45, 7) is 0. The molecule has 1 unspecified atom stereocenters. The third-order valence-electron chi connectivity index (χ3n) is 2.50. The van der Waals surface area contributed by atoms with Crippen LogP contribution in [0.25, 0.3) is 0 Å². The van der Waals surface area contributed by atoms with Gasteiger partial charge in [-0.2, -0.15) is 26.3 Å². The number of ether oxygens (including phenoxy) is 1. The van der Waals surface area contributed by atoms with Crippen LogP contribution in [0.3, 0.4) is 0 Å². The molecule has 0 saturated heterocycles. The molecule has 20 heavy (non-hydrogen) atoms. The zero-order valence-electron chi connectivity index (χ0n) is 9.82. The van der Waals surface area contributed by atoms with E-state index in [-0.39, 0.29) is 16.3 Å². The summed E-state index contributed by atoms with van der Waals surface area (Å²) in [5, 5.41) is -0.246. The molecule has 1 nitrogen and oxygen atoms in total. The third kappa shape index (κ3) is 3.94. The van der Waals surface area contributed by atoms with Gasteiger partial charge in [-0.3, -0.25) is 0 Å². The molecule has 0 saturated carbocycles. The monoisotopic (exact) mass is 384 g/mol. The number of methoxy groups -OCH3 is 1. The minimum atomic E-state index is -5.45. The van der Waals surface area contributed by atoms with Gasteiger partial charge >= 0.3 is 12.4 Å². The van der Waals surface area contributed by atoms with Gasteiger partial charge in [-0.15, -0.1) is 0 Å². The minimum Gasteiger partial charge on any atom is -0.497 e. The highest BCUT2D eigenvalue weighted by Crippen LogP contribution is 2.51. The Morgan fingerprint density at radius 1 is 1.10 bits per heavy atom. The summed E-state index contributed by atoms with van der Waals surface area (Å²) < 4.78 is 80.4. The van der Waals surface area contributed by atoms with Crippen LogP contribution in [-0.2, 0) is 0 Å². The number of halogens is 8. The molecule has 0 aromatic heterocycles. The molecular formula is C11H8BrClF6O. The fourth-order valence-electron chi connectivity index (χ4n) is 1.56. The lowest BCUT2D eigenvalue weighted by Crippen LogP contribution is -2.39. The van der Waals surface area contributed by atoms with Crippen LogP contribution in [0, 0.1) is 5.92 Å². The SMILES string of the molecule is COc1ccc(C(Br)C(C(F)(F)F)C(F)(F)F)c(Cl)c1. The fraction of sp³-hybridized carbons (Fsp3) is 0.455. The first kappa shape index (κ1) is 17.4. The molecule has 0 radical (unpaired) electrons. The first-order chi connectivity index (χ1) is 8.98. The summed E-state index contributed by atoms with van der Waals surface area (Å²) in [7, 11) is 1.30. The lowest BCUT2D eigenvalue weighted by molar-refractivity contribution is -0.283. The standard InChI is InChI=1S/C11H8BrClF6O/c1-20-5-2-3-6(7(13)4-5)8(12)9(10(14,15)16)11(17,18)19/h2-4,8-9H,1H3. The van der Waals surface area contributed by atoms with E-state index in [4.69, 9.17) is 16.3 Å². The van der Waals surface area contributed by atoms with Crippen LogP contribution in [-0.4, -0.2) is 19.5 Å². The van der Waals surface area contributed by atoms with Crippen LogP contribution in [0.1, 0.15) is 10.4 Å². The van der Waals surface area contributed by atoms with Crippen LogP contribution in [0.5, 0.6) is 5.75 Å². The maximum Gasteiger partial charge on any atom is 0.401 e. The number of hydrogen-bond donors (Lipinski definition) is 0. The van der Waals surface area contributed by atoms with Gasteiger partial charge in [0.05, 0.1) is 11.9 Å². The Bertz CT molecular complexity index is 459. The first-order valence-electron chi connectivity index (χ1n) is 5.09. The van der Waals surface area contributed by atoms with Gasteiger partial charge < -0.3 is 4.74 Å². The Morgan fingerprint density at radius 2 is 1.60 bits per heavy atom. The van der Waals surface area contributed by atoms with Crippen LogP contribution < -0.4 is 4.74 Å². The predicted octanol–water partition coefficient (Wildman–Crippen LogP) is 5.53. The van der Waals surface area contributed by atoms with Gasteiger partial charge in [-0.25, -0.2) is 0 Å². The van der Waals surface area contributed by atoms with Crippen molar-refractivity contribution in [1.29, 1.82) is 0 Å². The van der Waals surface area contributed by atoms with Crippen molar-refractivity contribution in [2.45, 2.75) is 17.2 Å². The minimum absolute atomic E-state index is 0.231. The maximum atomic E-state index is 12.6. The molecule has 114 valence electrons. The highest BCUT2D eigenvalue weighted by atomic mass is 79.9. The van der Waals surface area contributed by atoms with E-state index in [1.807, 2.05) is 0 Å². The topological polar surface area (TPSA) is 9.23 Å². The molecule has 9 heteroatoms. The van der Waals surface area contributed by atoms with Crippen molar-refractivity contribution in [2.24, 2.45) is 5.92 Å². The van der Waals surface area contributed by atoms with Crippen molar-refractivity contribution in [2.75, 3.05) is 7.11 Å². The largest absolute Gasteiger partial charge is 0.497 e. The average Bonchev–Trinajstić information content (AvgIpc) is 2.24. The van der Waals surface area contributed by atoms with Crippen molar-refractivity contribution in [1.82, 2.24) is 0 Å². The van der Waals surface area contributed by atoms with Gasteiger partial charge in [0.15, 0.2) is 5.92 Å². The highest BCUT2D eigenvalue weighted by molar-refractivity contribution is 9.09. The van der Waals surface area contributed by atoms with Gasteiger partial charge in [-0.05, 0) is 17.7 Å². The number of hydrogen-bond acceptors (Lipinski definition) is 1. The van der Waals surface area contributed by atoms with E-state index < -0.39 is 23.1 Å². The van der Waals surface area contributed by atoms with E-state index >= 15 is 0 Å². The third-order valence-corrected chi connectivity index (χ3v) is 3.85. The zero-order chi connectivity index (χ0) is 15.7. The van der Waals surface area contributed by atoms with Crippen LogP contribution in [0.4, 0.5) is 26.3 Å². The number of alkyl halides is 7. The Morgan fingerprint density at radius 3 is 1.95 bits per heavy atom. The van der Waals surface area contributed by atoms with Gasteiger partial charge in [0, 0.05) is 5.02 Å². The second-order valence-corrected chi connectivity index (χ2v) is 5.24. The average molecular weight is 386 g/mol. The molecule has 0 amide bonds. The van der Waals surface area contributed by atoms with E-state index in [0.717, 1.165) is 12.1 Å². The molecule has 0 aliphatic rings. The zero-order valence-corrected chi connectivity index (χ0v) is 12.2. The smallest absolute Gasteiger partial charge is 0.401 e. The van der Waals surface area contributed by atoms with Crippen molar-refractivity contribution < 1.29 is 31.1 Å². The summed E-state index contributed by atoms with van der Waals surface area (Å²) in [5.74, 6) is -3.32. The summed E-state index contributed by atoms with van der Waals surface area (Å²) in [5.41, 5.74) is -0.313. The van der Waals surface area contributed by atoms with E-state index in [0.29, 0.717) is 0 Å². The van der Waals surface area contributed by atoms with E-state index in [2.05, 4.69) is 15.9 Å². The van der Waals surface area contributed by atoms with E-state index in [1.165, 1.54) is 13.2 Å². The van der Waals surface area contributed by atoms with Crippen molar-refractivity contribution >= 4 is 27.5 Å². The highest BCUT2D eigenvalue weighted by Gasteiger charge is 2.60. The predicted molar refractivity (Wildman–Crippen MR) is 65.3 cm³/mol. The van der Waals surface area contributed by atoms with Gasteiger partial charge in [0.1, 0.15) is 5.75 Å². The van der Waals surface area contributed by atoms with Crippen LogP contribution in [0.15, 0.2) is 18.2 Å². The number of rotatable bonds is 3. The van der Waals surface area contributed by atoms with E-state index in [1.54, 1.807) is 0 Å². The molecular weight excluding hydrogens is 377 g/mol. The Labute approximate surface area is 124 Å². The van der Waals surface area contributed by atoms with Gasteiger partial charge in [-0.1, -0.05) is 33.6 Å². The molecule has 1 aromatic rings. The lowest BCUT2D eigenvalue weighted by atomic mass is 9.98. The van der Waals surface area contributed by atoms with Crippen molar-refractivity contribution in [3.05, 3.63) is 28.8 Å². The molecule has 0 fully saturated rings. The fourth-order valence-corrected chi connectivity index (χ4v) is 2.97. The first-order valence-corrected chi connectivity index (χ1v) is 6.38. The van der Waals surface area contributed by atoms with Crippen molar-refractivity contribution in [3.63, 3.8) is 0 Å². The van der Waals surface area contributed by atoms with Gasteiger partial charge in [0.2, 0.25) is 0 Å². The molecule has 0 spiro atoms. The summed E-state index contributed by atoms with van der Waals surface area (Å²) in [4.78, 5) is -2.04. The molecule has 0 aliphatic carbocycles.